The highest BCUT2D eigenvalue weighted by Crippen LogP contribution is 2.36. The average Bonchev–Trinajstić information content (AvgIpc) is 3.46. The molecule has 3 amide bonds. The fourth-order valence-electron chi connectivity index (χ4n) is 7.88. The lowest BCUT2D eigenvalue weighted by Crippen LogP contribution is -2.52. The number of aryl methyl sites for hydroxylation is 1. The van der Waals surface area contributed by atoms with Crippen LogP contribution in [-0.4, -0.2) is 91.0 Å². The molecule has 13 heteroatoms. The van der Waals surface area contributed by atoms with Crippen LogP contribution in [0.25, 0.3) is 0 Å². The summed E-state index contributed by atoms with van der Waals surface area (Å²) in [4.78, 5) is 50.1. The largest absolute Gasteiger partial charge is 0.492 e. The molecule has 0 aliphatic carbocycles. The Hall–Kier alpha value is -4.65. The van der Waals surface area contributed by atoms with Crippen molar-refractivity contribution in [3.8, 4) is 5.75 Å². The van der Waals surface area contributed by atoms with Crippen LogP contribution in [0, 0.1) is 6.92 Å². The zero-order chi connectivity index (χ0) is 36.4. The Morgan fingerprint density at radius 2 is 1.60 bits per heavy atom. The fourth-order valence-corrected chi connectivity index (χ4v) is 7.88. The van der Waals surface area contributed by atoms with Gasteiger partial charge in [-0.1, -0.05) is 6.07 Å². The molecule has 4 aliphatic rings. The number of hydrogen-bond donors (Lipinski definition) is 1. The third-order valence-electron chi connectivity index (χ3n) is 10.9. The summed E-state index contributed by atoms with van der Waals surface area (Å²) < 4.78 is 46.2. The smallest absolute Gasteiger partial charge is 0.416 e. The van der Waals surface area contributed by atoms with E-state index in [0.29, 0.717) is 43.9 Å². The van der Waals surface area contributed by atoms with E-state index in [1.54, 1.807) is 23.2 Å². The molecular formula is C39H45F3N6O4. The molecule has 7 rings (SSSR count). The van der Waals surface area contributed by atoms with Crippen LogP contribution in [0.1, 0.15) is 77.2 Å². The molecule has 52 heavy (non-hydrogen) atoms. The third-order valence-corrected chi connectivity index (χ3v) is 10.9. The number of benzene rings is 2. The monoisotopic (exact) mass is 718 g/mol. The minimum Gasteiger partial charge on any atom is -0.492 e. The van der Waals surface area contributed by atoms with E-state index in [-0.39, 0.29) is 29.7 Å². The van der Waals surface area contributed by atoms with Gasteiger partial charge in [-0.05, 0) is 99.2 Å². The van der Waals surface area contributed by atoms with Crippen LogP contribution in [0.5, 0.6) is 5.75 Å². The summed E-state index contributed by atoms with van der Waals surface area (Å²) in [7, 11) is 0. The van der Waals surface area contributed by atoms with E-state index in [4.69, 9.17) is 4.74 Å². The number of alkyl halides is 3. The molecule has 1 N–H and O–H groups in total. The van der Waals surface area contributed by atoms with Crippen LogP contribution < -0.4 is 19.9 Å². The van der Waals surface area contributed by atoms with Crippen LogP contribution in [0.2, 0.25) is 0 Å². The number of carbonyl (C=O) groups is 3. The van der Waals surface area contributed by atoms with Crippen LogP contribution in [0.15, 0.2) is 54.7 Å². The van der Waals surface area contributed by atoms with E-state index < -0.39 is 23.7 Å². The Balaban J connectivity index is 0.797. The van der Waals surface area contributed by atoms with Gasteiger partial charge in [0.15, 0.2) is 0 Å². The molecule has 0 bridgehead atoms. The van der Waals surface area contributed by atoms with Crippen LogP contribution in [0.4, 0.5) is 24.5 Å². The van der Waals surface area contributed by atoms with Crippen LogP contribution in [0.3, 0.4) is 0 Å². The SMILES string of the molecule is Cc1ccc(N2CCC(c3ccc(OCCCCN4CCN(c5ccc6c(c5)CN(C5CCC(=O)NC5=O)C6=O)CC4)cn3)CC2)cc1C(F)(F)F. The number of ether oxygens (including phenoxy) is 1. The molecule has 5 heterocycles. The molecule has 0 spiro atoms. The van der Waals surface area contributed by atoms with Gasteiger partial charge in [0.25, 0.3) is 5.91 Å². The normalized spacial score (nSPS) is 20.3. The first-order valence-corrected chi connectivity index (χ1v) is 18.3. The van der Waals surface area contributed by atoms with Gasteiger partial charge in [0, 0.05) is 80.8 Å². The second kappa shape index (κ2) is 15.1. The number of unbranched alkanes of at least 4 members (excludes halogenated alkanes) is 1. The minimum absolute atomic E-state index is 0.151. The fraction of sp³-hybridized carbons (Fsp3) is 0.487. The minimum atomic E-state index is -4.35. The molecule has 0 radical (unpaired) electrons. The highest BCUT2D eigenvalue weighted by Gasteiger charge is 2.39. The molecule has 0 saturated carbocycles. The van der Waals surface area contributed by atoms with E-state index >= 15 is 0 Å². The van der Waals surface area contributed by atoms with Gasteiger partial charge in [0.1, 0.15) is 11.8 Å². The molecule has 4 aliphatic heterocycles. The van der Waals surface area contributed by atoms with Crippen LogP contribution in [-0.2, 0) is 22.3 Å². The number of halogens is 3. The predicted molar refractivity (Wildman–Crippen MR) is 190 cm³/mol. The molecule has 2 aromatic carbocycles. The van der Waals surface area contributed by atoms with Crippen LogP contribution >= 0.6 is 0 Å². The van der Waals surface area contributed by atoms with Crippen molar-refractivity contribution >= 4 is 29.1 Å². The number of carbonyl (C=O) groups excluding carboxylic acids is 3. The molecule has 1 aromatic heterocycles. The highest BCUT2D eigenvalue weighted by atomic mass is 19.4. The maximum atomic E-state index is 13.4. The van der Waals surface area contributed by atoms with Gasteiger partial charge < -0.3 is 19.4 Å². The number of hydrogen-bond acceptors (Lipinski definition) is 8. The number of aromatic nitrogens is 1. The van der Waals surface area contributed by atoms with E-state index in [0.717, 1.165) is 81.1 Å². The van der Waals surface area contributed by atoms with E-state index in [1.165, 1.54) is 13.0 Å². The zero-order valence-electron chi connectivity index (χ0n) is 29.5. The summed E-state index contributed by atoms with van der Waals surface area (Å²) in [6.07, 6.45) is 1.63. The van der Waals surface area contributed by atoms with Gasteiger partial charge in [-0.25, -0.2) is 0 Å². The standard InChI is InChI=1S/C39H45F3N6O4/c1-26-4-5-30(23-33(26)39(40,41)42)46-15-12-27(13-16-46)34-9-7-31(24-43-34)52-21-3-2-14-45-17-19-47(20-18-45)29-6-8-32-28(22-29)25-48(38(32)51)35-10-11-36(49)44-37(35)50/h4-9,22-24,27,35H,2-3,10-21,25H2,1H3,(H,44,49,50). The van der Waals surface area contributed by atoms with Crippen molar-refractivity contribution in [2.75, 3.05) is 62.2 Å². The van der Waals surface area contributed by atoms with Crippen molar-refractivity contribution in [1.82, 2.24) is 20.1 Å². The summed E-state index contributed by atoms with van der Waals surface area (Å²) in [6.45, 7) is 8.52. The first-order valence-electron chi connectivity index (χ1n) is 18.3. The van der Waals surface area contributed by atoms with Gasteiger partial charge in [0.05, 0.1) is 18.4 Å². The maximum absolute atomic E-state index is 13.4. The molecule has 3 fully saturated rings. The molecule has 276 valence electrons. The molecule has 3 saturated heterocycles. The molecule has 1 unspecified atom stereocenters. The number of amides is 3. The Morgan fingerprint density at radius 3 is 2.31 bits per heavy atom. The molecule has 10 nitrogen and oxygen atoms in total. The summed E-state index contributed by atoms with van der Waals surface area (Å²) in [5.74, 6) is 0.172. The van der Waals surface area contributed by atoms with Crippen molar-refractivity contribution < 1.29 is 32.3 Å². The van der Waals surface area contributed by atoms with Gasteiger partial charge in [0.2, 0.25) is 11.8 Å². The average molecular weight is 719 g/mol. The summed E-state index contributed by atoms with van der Waals surface area (Å²) in [5, 5.41) is 2.36. The van der Waals surface area contributed by atoms with Crippen molar-refractivity contribution in [1.29, 1.82) is 0 Å². The summed E-state index contributed by atoms with van der Waals surface area (Å²) in [5.41, 5.74) is 3.92. The number of nitrogens with one attached hydrogen (secondary N) is 1. The first-order chi connectivity index (χ1) is 25.0. The summed E-state index contributed by atoms with van der Waals surface area (Å²) in [6, 6.07) is 13.9. The van der Waals surface area contributed by atoms with Gasteiger partial charge in [-0.15, -0.1) is 0 Å². The quantitative estimate of drug-likeness (QED) is 0.216. The molecule has 1 atom stereocenters. The number of piperazine rings is 1. The number of nitrogens with zero attached hydrogens (tertiary/aromatic N) is 5. The lowest BCUT2D eigenvalue weighted by molar-refractivity contribution is -0.138. The second-order valence-corrected chi connectivity index (χ2v) is 14.3. The van der Waals surface area contributed by atoms with Crippen molar-refractivity contribution in [3.05, 3.63) is 82.7 Å². The van der Waals surface area contributed by atoms with E-state index in [2.05, 4.69) is 26.2 Å². The Morgan fingerprint density at radius 1 is 0.865 bits per heavy atom. The lowest BCUT2D eigenvalue weighted by Gasteiger charge is -2.36. The zero-order valence-corrected chi connectivity index (χ0v) is 29.5. The van der Waals surface area contributed by atoms with Crippen molar-refractivity contribution in [2.45, 2.75) is 70.1 Å². The predicted octanol–water partition coefficient (Wildman–Crippen LogP) is 5.54. The first kappa shape index (κ1) is 35.7. The number of anilines is 2. The van der Waals surface area contributed by atoms with Crippen molar-refractivity contribution in [3.63, 3.8) is 0 Å². The number of piperidine rings is 2. The number of fused-ring (bicyclic) bond motifs is 1. The van der Waals surface area contributed by atoms with Gasteiger partial charge >= 0.3 is 6.18 Å². The molecular weight excluding hydrogens is 673 g/mol. The Labute approximate surface area is 301 Å². The van der Waals surface area contributed by atoms with Crippen molar-refractivity contribution in [2.24, 2.45) is 0 Å². The summed E-state index contributed by atoms with van der Waals surface area (Å²) >= 11 is 0. The molecule has 3 aromatic rings. The number of rotatable bonds is 10. The lowest BCUT2D eigenvalue weighted by atomic mass is 9.92. The third kappa shape index (κ3) is 7.89. The topological polar surface area (TPSA) is 98.3 Å². The van der Waals surface area contributed by atoms with E-state index in [1.807, 2.05) is 29.2 Å². The number of pyridine rings is 1. The van der Waals surface area contributed by atoms with E-state index in [9.17, 15) is 27.6 Å². The second-order valence-electron chi connectivity index (χ2n) is 14.3. The maximum Gasteiger partial charge on any atom is 0.416 e. The Kier molecular flexibility index (Phi) is 10.4. The van der Waals surface area contributed by atoms with Gasteiger partial charge in [-0.3, -0.25) is 29.6 Å². The number of imide groups is 1. The Bertz CT molecular complexity index is 1790. The van der Waals surface area contributed by atoms with Gasteiger partial charge in [-0.2, -0.15) is 13.2 Å². The highest BCUT2D eigenvalue weighted by molar-refractivity contribution is 6.05.